The van der Waals surface area contributed by atoms with Crippen molar-refractivity contribution >= 4 is 5.69 Å². The van der Waals surface area contributed by atoms with Crippen LogP contribution in [0, 0.1) is 6.92 Å². The van der Waals surface area contributed by atoms with Gasteiger partial charge in [-0.15, -0.1) is 0 Å². The van der Waals surface area contributed by atoms with Crippen molar-refractivity contribution in [3.05, 3.63) is 23.8 Å². The number of benzene rings is 1. The molecular formula is C12H17NO3. The third-order valence-corrected chi connectivity index (χ3v) is 2.65. The zero-order valence-corrected chi connectivity index (χ0v) is 9.66. The predicted molar refractivity (Wildman–Crippen MR) is 61.9 cm³/mol. The molecule has 88 valence electrons. The summed E-state index contributed by atoms with van der Waals surface area (Å²) >= 11 is 0. The lowest BCUT2D eigenvalue weighted by atomic mass is 10.2. The predicted octanol–water partition coefficient (Wildman–Crippen LogP) is 1.79. The summed E-state index contributed by atoms with van der Waals surface area (Å²) in [5.41, 5.74) is 2.19. The van der Waals surface area contributed by atoms with Gasteiger partial charge in [-0.1, -0.05) is 12.1 Å². The molecule has 0 saturated carbocycles. The Morgan fingerprint density at radius 3 is 3.06 bits per heavy atom. The highest BCUT2D eigenvalue weighted by Crippen LogP contribution is 2.27. The third-order valence-electron chi connectivity index (χ3n) is 2.65. The molecule has 0 bridgehead atoms. The Morgan fingerprint density at radius 1 is 1.50 bits per heavy atom. The molecule has 1 atom stereocenters. The summed E-state index contributed by atoms with van der Waals surface area (Å²) in [5, 5.41) is 3.34. The minimum Gasteiger partial charge on any atom is -0.495 e. The number of aryl methyl sites for hydroxylation is 1. The van der Waals surface area contributed by atoms with Crippen LogP contribution in [0.2, 0.25) is 0 Å². The van der Waals surface area contributed by atoms with Crippen molar-refractivity contribution in [2.24, 2.45) is 0 Å². The zero-order chi connectivity index (χ0) is 11.4. The maximum atomic E-state index is 5.36. The second-order valence-corrected chi connectivity index (χ2v) is 3.81. The average molecular weight is 223 g/mol. The van der Waals surface area contributed by atoms with Crippen LogP contribution < -0.4 is 10.1 Å². The number of nitrogens with one attached hydrogen (secondary N) is 1. The fourth-order valence-corrected chi connectivity index (χ4v) is 1.74. The van der Waals surface area contributed by atoms with Crippen LogP contribution in [0.4, 0.5) is 5.69 Å². The Kier molecular flexibility index (Phi) is 3.64. The van der Waals surface area contributed by atoms with E-state index >= 15 is 0 Å². The summed E-state index contributed by atoms with van der Waals surface area (Å²) in [6.07, 6.45) is 0.129. The molecule has 0 radical (unpaired) electrons. The Labute approximate surface area is 95.5 Å². The monoisotopic (exact) mass is 223 g/mol. The largest absolute Gasteiger partial charge is 0.495 e. The van der Waals surface area contributed by atoms with Gasteiger partial charge in [0.1, 0.15) is 18.6 Å². The van der Waals surface area contributed by atoms with Crippen molar-refractivity contribution in [3.8, 4) is 5.75 Å². The Morgan fingerprint density at radius 2 is 2.38 bits per heavy atom. The normalized spacial score (nSPS) is 19.8. The van der Waals surface area contributed by atoms with Crippen LogP contribution in [-0.2, 0) is 9.47 Å². The highest BCUT2D eigenvalue weighted by atomic mass is 16.7. The first-order valence-electron chi connectivity index (χ1n) is 5.38. The summed E-state index contributed by atoms with van der Waals surface area (Å²) in [5.74, 6) is 0.860. The van der Waals surface area contributed by atoms with Crippen LogP contribution in [0.1, 0.15) is 5.56 Å². The van der Waals surface area contributed by atoms with E-state index < -0.39 is 0 Å². The van der Waals surface area contributed by atoms with Gasteiger partial charge < -0.3 is 19.5 Å². The zero-order valence-electron chi connectivity index (χ0n) is 9.66. The van der Waals surface area contributed by atoms with Crippen molar-refractivity contribution in [3.63, 3.8) is 0 Å². The number of ether oxygens (including phenoxy) is 3. The number of rotatable bonds is 4. The lowest BCUT2D eigenvalue weighted by Gasteiger charge is -2.15. The van der Waals surface area contributed by atoms with Crippen LogP contribution in [0.25, 0.3) is 0 Å². The van der Waals surface area contributed by atoms with E-state index in [0.29, 0.717) is 13.4 Å². The van der Waals surface area contributed by atoms with Crippen molar-refractivity contribution in [1.82, 2.24) is 0 Å². The molecule has 1 aromatic rings. The SMILES string of the molecule is COc1cccc(C)c1NCC1COCO1. The fraction of sp³-hybridized carbons (Fsp3) is 0.500. The second kappa shape index (κ2) is 5.18. The molecule has 1 aliphatic rings. The number of hydrogen-bond donors (Lipinski definition) is 1. The van der Waals surface area contributed by atoms with Crippen molar-refractivity contribution in [2.45, 2.75) is 13.0 Å². The quantitative estimate of drug-likeness (QED) is 0.844. The first-order chi connectivity index (χ1) is 7.81. The second-order valence-electron chi connectivity index (χ2n) is 3.81. The van der Waals surface area contributed by atoms with Gasteiger partial charge in [-0.05, 0) is 18.6 Å². The van der Waals surface area contributed by atoms with Gasteiger partial charge in [0.05, 0.1) is 19.4 Å². The lowest BCUT2D eigenvalue weighted by Crippen LogP contribution is -2.22. The van der Waals surface area contributed by atoms with Crippen LogP contribution in [0.3, 0.4) is 0 Å². The molecule has 1 heterocycles. The molecule has 1 fully saturated rings. The van der Waals surface area contributed by atoms with Gasteiger partial charge in [0.2, 0.25) is 0 Å². The maximum absolute atomic E-state index is 5.36. The molecule has 4 nitrogen and oxygen atoms in total. The number of anilines is 1. The first kappa shape index (κ1) is 11.2. The van der Waals surface area contributed by atoms with Gasteiger partial charge in [-0.2, -0.15) is 0 Å². The van der Waals surface area contributed by atoms with Crippen molar-refractivity contribution in [1.29, 1.82) is 0 Å². The molecule has 1 unspecified atom stereocenters. The highest BCUT2D eigenvalue weighted by Gasteiger charge is 2.16. The summed E-state index contributed by atoms with van der Waals surface area (Å²) < 4.78 is 15.8. The van der Waals surface area contributed by atoms with E-state index in [-0.39, 0.29) is 6.10 Å². The molecule has 0 aliphatic carbocycles. The van der Waals surface area contributed by atoms with E-state index in [1.54, 1.807) is 7.11 Å². The van der Waals surface area contributed by atoms with Gasteiger partial charge in [0.25, 0.3) is 0 Å². The molecule has 1 aliphatic heterocycles. The van der Waals surface area contributed by atoms with Crippen LogP contribution in [-0.4, -0.2) is 33.2 Å². The molecule has 16 heavy (non-hydrogen) atoms. The molecule has 2 rings (SSSR count). The summed E-state index contributed by atoms with van der Waals surface area (Å²) in [7, 11) is 1.68. The molecule has 0 amide bonds. The number of methoxy groups -OCH3 is 1. The molecule has 0 spiro atoms. The van der Waals surface area contributed by atoms with E-state index in [1.807, 2.05) is 12.1 Å². The Bertz CT molecular complexity index is 348. The molecule has 1 aromatic carbocycles. The van der Waals surface area contributed by atoms with Crippen LogP contribution >= 0.6 is 0 Å². The Balaban J connectivity index is 2.01. The molecule has 4 heteroatoms. The van der Waals surface area contributed by atoms with Crippen LogP contribution in [0.15, 0.2) is 18.2 Å². The molecule has 1 N–H and O–H groups in total. The Hall–Kier alpha value is -1.26. The van der Waals surface area contributed by atoms with Gasteiger partial charge in [-0.25, -0.2) is 0 Å². The summed E-state index contributed by atoms with van der Waals surface area (Å²) in [6, 6.07) is 5.98. The molecule has 0 aromatic heterocycles. The fourth-order valence-electron chi connectivity index (χ4n) is 1.74. The summed E-state index contributed by atoms with van der Waals surface area (Å²) in [4.78, 5) is 0. The minimum atomic E-state index is 0.129. The van der Waals surface area contributed by atoms with Gasteiger partial charge in [-0.3, -0.25) is 0 Å². The number of hydrogen-bond acceptors (Lipinski definition) is 4. The highest BCUT2D eigenvalue weighted by molar-refractivity contribution is 5.61. The van der Waals surface area contributed by atoms with Gasteiger partial charge in [0.15, 0.2) is 0 Å². The topological polar surface area (TPSA) is 39.7 Å². The smallest absolute Gasteiger partial charge is 0.147 e. The standard InChI is InChI=1S/C12H17NO3/c1-9-4-3-5-11(14-2)12(9)13-6-10-7-15-8-16-10/h3-5,10,13H,6-8H2,1-2H3. The van der Waals surface area contributed by atoms with Crippen LogP contribution in [0.5, 0.6) is 5.75 Å². The van der Waals surface area contributed by atoms with E-state index in [1.165, 1.54) is 5.56 Å². The van der Waals surface area contributed by atoms with Gasteiger partial charge in [0, 0.05) is 6.54 Å². The minimum absolute atomic E-state index is 0.129. The van der Waals surface area contributed by atoms with Crippen molar-refractivity contribution in [2.75, 3.05) is 32.4 Å². The third kappa shape index (κ3) is 2.46. The molecule has 1 saturated heterocycles. The van der Waals surface area contributed by atoms with E-state index in [4.69, 9.17) is 14.2 Å². The molecular weight excluding hydrogens is 206 g/mol. The van der Waals surface area contributed by atoms with E-state index in [0.717, 1.165) is 18.0 Å². The lowest BCUT2D eigenvalue weighted by molar-refractivity contribution is 0.0500. The van der Waals surface area contributed by atoms with E-state index in [2.05, 4.69) is 18.3 Å². The summed E-state index contributed by atoms with van der Waals surface area (Å²) in [6.45, 7) is 3.84. The maximum Gasteiger partial charge on any atom is 0.147 e. The number of para-hydroxylation sites is 1. The first-order valence-corrected chi connectivity index (χ1v) is 5.38. The van der Waals surface area contributed by atoms with Gasteiger partial charge >= 0.3 is 0 Å². The van der Waals surface area contributed by atoms with E-state index in [9.17, 15) is 0 Å². The average Bonchev–Trinajstić information content (AvgIpc) is 2.80. The van der Waals surface area contributed by atoms with Crippen molar-refractivity contribution < 1.29 is 14.2 Å².